The first-order valence-corrected chi connectivity index (χ1v) is 4.27. The Hall–Kier alpha value is -1.32. The monoisotopic (exact) mass is 182 g/mol. The van der Waals surface area contributed by atoms with Crippen LogP contribution in [-0.2, 0) is 4.74 Å². The zero-order chi connectivity index (χ0) is 9.84. The molecule has 0 atom stereocenters. The van der Waals surface area contributed by atoms with Crippen LogP contribution >= 0.6 is 0 Å². The van der Waals surface area contributed by atoms with Gasteiger partial charge in [-0.15, -0.1) is 0 Å². The molecule has 1 aromatic rings. The maximum atomic E-state index is 11.3. The van der Waals surface area contributed by atoms with Gasteiger partial charge in [-0.05, 0) is 12.8 Å². The van der Waals surface area contributed by atoms with Crippen molar-refractivity contribution in [3.05, 3.63) is 18.2 Å². The second-order valence-corrected chi connectivity index (χ2v) is 3.39. The molecule has 0 aliphatic carbocycles. The molecule has 1 aromatic heterocycles. The highest BCUT2D eigenvalue weighted by Crippen LogP contribution is 1.98. The van der Waals surface area contributed by atoms with Gasteiger partial charge in [-0.2, -0.15) is 0 Å². The van der Waals surface area contributed by atoms with Crippen molar-refractivity contribution in [2.45, 2.75) is 20.8 Å². The van der Waals surface area contributed by atoms with Crippen molar-refractivity contribution in [3.8, 4) is 0 Å². The van der Waals surface area contributed by atoms with E-state index in [1.165, 1.54) is 10.9 Å². The third-order valence-electron chi connectivity index (χ3n) is 1.46. The number of nitrogens with zero attached hydrogens (tertiary/aromatic N) is 2. The Kier molecular flexibility index (Phi) is 3.06. The summed E-state index contributed by atoms with van der Waals surface area (Å²) in [5.41, 5.74) is 0.807. The predicted octanol–water partition coefficient (Wildman–Crippen LogP) is 1.83. The molecule has 0 unspecified atom stereocenters. The Bertz CT molecular complexity index is 292. The molecule has 0 fully saturated rings. The van der Waals surface area contributed by atoms with Gasteiger partial charge in [-0.3, -0.25) is 0 Å². The van der Waals surface area contributed by atoms with E-state index >= 15 is 0 Å². The quantitative estimate of drug-likeness (QED) is 0.700. The normalized spacial score (nSPS) is 10.5. The summed E-state index contributed by atoms with van der Waals surface area (Å²) in [6.45, 7) is 6.25. The van der Waals surface area contributed by atoms with Gasteiger partial charge in [0.25, 0.3) is 0 Å². The minimum Gasteiger partial charge on any atom is -0.449 e. The molecule has 0 saturated heterocycles. The molecule has 0 radical (unpaired) electrons. The van der Waals surface area contributed by atoms with Crippen LogP contribution in [0, 0.1) is 12.8 Å². The smallest absolute Gasteiger partial charge is 0.419 e. The number of hydrogen-bond donors (Lipinski definition) is 0. The number of imidazole rings is 1. The van der Waals surface area contributed by atoms with Crippen LogP contribution < -0.4 is 0 Å². The van der Waals surface area contributed by atoms with Crippen molar-refractivity contribution in [1.82, 2.24) is 9.55 Å². The van der Waals surface area contributed by atoms with Crippen LogP contribution in [0.2, 0.25) is 0 Å². The van der Waals surface area contributed by atoms with Gasteiger partial charge in [-0.1, -0.05) is 13.8 Å². The summed E-state index contributed by atoms with van der Waals surface area (Å²) in [6.07, 6.45) is 2.73. The summed E-state index contributed by atoms with van der Waals surface area (Å²) in [4.78, 5) is 15.2. The minimum absolute atomic E-state index is 0.355. The van der Waals surface area contributed by atoms with E-state index in [0.717, 1.165) is 5.69 Å². The largest absolute Gasteiger partial charge is 0.449 e. The predicted molar refractivity (Wildman–Crippen MR) is 48.5 cm³/mol. The average Bonchev–Trinajstić information content (AvgIpc) is 2.47. The van der Waals surface area contributed by atoms with Crippen LogP contribution in [0.4, 0.5) is 4.79 Å². The molecule has 0 amide bonds. The molecule has 0 N–H and O–H groups in total. The summed E-state index contributed by atoms with van der Waals surface area (Å²) < 4.78 is 6.33. The van der Waals surface area contributed by atoms with Gasteiger partial charge in [0.1, 0.15) is 6.33 Å². The molecule has 4 nitrogen and oxygen atoms in total. The third-order valence-corrected chi connectivity index (χ3v) is 1.46. The Balaban J connectivity index is 2.49. The summed E-state index contributed by atoms with van der Waals surface area (Å²) in [6, 6.07) is 0. The number of aryl methyl sites for hydroxylation is 1. The zero-order valence-electron chi connectivity index (χ0n) is 8.15. The van der Waals surface area contributed by atoms with Crippen molar-refractivity contribution in [1.29, 1.82) is 0 Å². The fourth-order valence-electron chi connectivity index (χ4n) is 0.834. The van der Waals surface area contributed by atoms with Crippen molar-refractivity contribution >= 4 is 6.09 Å². The van der Waals surface area contributed by atoms with E-state index in [4.69, 9.17) is 4.74 Å². The van der Waals surface area contributed by atoms with E-state index < -0.39 is 0 Å². The van der Waals surface area contributed by atoms with Gasteiger partial charge >= 0.3 is 6.09 Å². The highest BCUT2D eigenvalue weighted by atomic mass is 16.5. The Labute approximate surface area is 77.5 Å². The summed E-state index contributed by atoms with van der Waals surface area (Å²) in [7, 11) is 0. The Morgan fingerprint density at radius 3 is 2.85 bits per heavy atom. The van der Waals surface area contributed by atoms with Crippen LogP contribution in [0.3, 0.4) is 0 Å². The molecule has 0 bridgehead atoms. The number of carbonyl (C=O) groups excluding carboxylic acids is 1. The first kappa shape index (κ1) is 9.77. The highest BCUT2D eigenvalue weighted by Gasteiger charge is 2.06. The Morgan fingerprint density at radius 2 is 2.38 bits per heavy atom. The minimum atomic E-state index is -0.366. The van der Waals surface area contributed by atoms with Gasteiger partial charge in [0, 0.05) is 6.20 Å². The van der Waals surface area contributed by atoms with Crippen molar-refractivity contribution < 1.29 is 9.53 Å². The zero-order valence-corrected chi connectivity index (χ0v) is 8.15. The molecule has 1 rings (SSSR count). The lowest BCUT2D eigenvalue weighted by Crippen LogP contribution is -2.14. The molecule has 13 heavy (non-hydrogen) atoms. The SMILES string of the molecule is Cc1cn(C(=O)OCC(C)C)cn1. The lowest BCUT2D eigenvalue weighted by molar-refractivity contribution is 0.134. The molecule has 0 aromatic carbocycles. The molecule has 1 heterocycles. The standard InChI is InChI=1S/C9H14N2O2/c1-7(2)5-13-9(12)11-4-8(3)10-6-11/h4,6-7H,5H2,1-3H3. The summed E-state index contributed by atoms with van der Waals surface area (Å²) in [5, 5.41) is 0. The molecule has 0 aliphatic rings. The van der Waals surface area contributed by atoms with Gasteiger partial charge in [0.05, 0.1) is 12.3 Å². The summed E-state index contributed by atoms with van der Waals surface area (Å²) in [5.74, 6) is 0.355. The van der Waals surface area contributed by atoms with E-state index in [0.29, 0.717) is 12.5 Å². The van der Waals surface area contributed by atoms with Crippen LogP contribution in [0.1, 0.15) is 19.5 Å². The highest BCUT2D eigenvalue weighted by molar-refractivity contribution is 5.70. The number of rotatable bonds is 2. The molecule has 0 aliphatic heterocycles. The number of ether oxygens (including phenoxy) is 1. The summed E-state index contributed by atoms with van der Waals surface area (Å²) >= 11 is 0. The molecule has 0 spiro atoms. The average molecular weight is 182 g/mol. The van der Waals surface area contributed by atoms with Crippen LogP contribution in [0.5, 0.6) is 0 Å². The van der Waals surface area contributed by atoms with Crippen LogP contribution in [0.15, 0.2) is 12.5 Å². The second-order valence-electron chi connectivity index (χ2n) is 3.39. The molecular formula is C9H14N2O2. The van der Waals surface area contributed by atoms with Gasteiger partial charge < -0.3 is 4.74 Å². The second kappa shape index (κ2) is 4.07. The van der Waals surface area contributed by atoms with Crippen molar-refractivity contribution in [3.63, 3.8) is 0 Å². The van der Waals surface area contributed by atoms with Crippen LogP contribution in [0.25, 0.3) is 0 Å². The molecular weight excluding hydrogens is 168 g/mol. The van der Waals surface area contributed by atoms with Crippen LogP contribution in [-0.4, -0.2) is 22.3 Å². The van der Waals surface area contributed by atoms with Gasteiger partial charge in [-0.25, -0.2) is 14.3 Å². The van der Waals surface area contributed by atoms with E-state index in [1.807, 2.05) is 20.8 Å². The first-order valence-electron chi connectivity index (χ1n) is 4.27. The molecule has 0 saturated carbocycles. The lowest BCUT2D eigenvalue weighted by atomic mass is 10.2. The fourth-order valence-corrected chi connectivity index (χ4v) is 0.834. The first-order chi connectivity index (χ1) is 6.09. The third kappa shape index (κ3) is 2.89. The van der Waals surface area contributed by atoms with Gasteiger partial charge in [0.15, 0.2) is 0 Å². The lowest BCUT2D eigenvalue weighted by Gasteiger charge is -2.06. The van der Waals surface area contributed by atoms with E-state index in [1.54, 1.807) is 6.20 Å². The number of carbonyl (C=O) groups is 1. The number of hydrogen-bond acceptors (Lipinski definition) is 3. The van der Waals surface area contributed by atoms with E-state index in [-0.39, 0.29) is 6.09 Å². The van der Waals surface area contributed by atoms with Crippen molar-refractivity contribution in [2.24, 2.45) is 5.92 Å². The Morgan fingerprint density at radius 1 is 1.69 bits per heavy atom. The number of aromatic nitrogens is 2. The molecule has 72 valence electrons. The van der Waals surface area contributed by atoms with E-state index in [9.17, 15) is 4.79 Å². The van der Waals surface area contributed by atoms with E-state index in [2.05, 4.69) is 4.98 Å². The maximum Gasteiger partial charge on any atom is 0.419 e. The fraction of sp³-hybridized carbons (Fsp3) is 0.556. The van der Waals surface area contributed by atoms with Crippen molar-refractivity contribution in [2.75, 3.05) is 6.61 Å². The topological polar surface area (TPSA) is 44.1 Å². The molecule has 4 heteroatoms. The van der Waals surface area contributed by atoms with Gasteiger partial charge in [0.2, 0.25) is 0 Å². The maximum absolute atomic E-state index is 11.3.